The van der Waals surface area contributed by atoms with Crippen molar-refractivity contribution in [3.05, 3.63) is 24.3 Å². The molecule has 0 aromatic carbocycles. The fraction of sp³-hybridized carbons (Fsp3) is 0.733. The maximum atomic E-state index is 4.43. The van der Waals surface area contributed by atoms with E-state index < -0.39 is 0 Å². The van der Waals surface area contributed by atoms with E-state index in [2.05, 4.69) is 28.3 Å². The molecule has 2 bridgehead atoms. The van der Waals surface area contributed by atoms with Crippen molar-refractivity contribution in [2.45, 2.75) is 45.1 Å². The van der Waals surface area contributed by atoms with Gasteiger partial charge in [-0.05, 0) is 56.0 Å². The minimum Gasteiger partial charge on any atom is -0.309 e. The first-order valence-electron chi connectivity index (χ1n) is 7.36. The van der Waals surface area contributed by atoms with E-state index in [1.807, 2.05) is 6.20 Å². The molecule has 2 saturated carbocycles. The molecule has 0 aliphatic heterocycles. The van der Waals surface area contributed by atoms with Gasteiger partial charge in [0.05, 0.1) is 5.69 Å². The molecule has 98 valence electrons. The third kappa shape index (κ3) is 2.41. The summed E-state index contributed by atoms with van der Waals surface area (Å²) in [4.78, 5) is 8.45. The molecular formula is C15H23N3. The van der Waals surface area contributed by atoms with Gasteiger partial charge in [-0.15, -0.1) is 0 Å². The fourth-order valence-corrected chi connectivity index (χ4v) is 4.03. The van der Waals surface area contributed by atoms with Gasteiger partial charge < -0.3 is 5.32 Å². The standard InChI is InChI=1S/C15H23N3/c1-2-17-15(14-5-6-16-10-18-14)9-13-8-11-3-4-12(13)7-11/h5-6,10-13,15,17H,2-4,7-9H2,1H3. The van der Waals surface area contributed by atoms with Crippen LogP contribution in [0.2, 0.25) is 0 Å². The Labute approximate surface area is 109 Å². The predicted octanol–water partition coefficient (Wildman–Crippen LogP) is 2.95. The Balaban J connectivity index is 1.67. The maximum Gasteiger partial charge on any atom is 0.115 e. The summed E-state index contributed by atoms with van der Waals surface area (Å²) in [5, 5.41) is 3.59. The first kappa shape index (κ1) is 12.1. The van der Waals surface area contributed by atoms with E-state index in [4.69, 9.17) is 0 Å². The normalized spacial score (nSPS) is 31.7. The van der Waals surface area contributed by atoms with Gasteiger partial charge in [0.25, 0.3) is 0 Å². The molecule has 3 rings (SSSR count). The van der Waals surface area contributed by atoms with Crippen molar-refractivity contribution in [1.29, 1.82) is 0 Å². The first-order chi connectivity index (χ1) is 8.86. The van der Waals surface area contributed by atoms with Gasteiger partial charge in [0.2, 0.25) is 0 Å². The van der Waals surface area contributed by atoms with Gasteiger partial charge >= 0.3 is 0 Å². The van der Waals surface area contributed by atoms with Crippen LogP contribution in [0.1, 0.15) is 50.8 Å². The molecule has 2 aliphatic rings. The summed E-state index contributed by atoms with van der Waals surface area (Å²) in [5.74, 6) is 2.95. The maximum absolute atomic E-state index is 4.43. The topological polar surface area (TPSA) is 37.8 Å². The van der Waals surface area contributed by atoms with Crippen molar-refractivity contribution in [3.63, 3.8) is 0 Å². The van der Waals surface area contributed by atoms with Crippen LogP contribution in [0.15, 0.2) is 18.6 Å². The monoisotopic (exact) mass is 245 g/mol. The Bertz CT molecular complexity index is 379. The van der Waals surface area contributed by atoms with Gasteiger partial charge in [-0.1, -0.05) is 13.3 Å². The number of hydrogen-bond acceptors (Lipinski definition) is 3. The van der Waals surface area contributed by atoms with Crippen LogP contribution in [-0.2, 0) is 0 Å². The van der Waals surface area contributed by atoms with Gasteiger partial charge in [-0.2, -0.15) is 0 Å². The van der Waals surface area contributed by atoms with E-state index in [1.54, 1.807) is 6.33 Å². The Kier molecular flexibility index (Phi) is 3.59. The van der Waals surface area contributed by atoms with Gasteiger partial charge in [0.15, 0.2) is 0 Å². The van der Waals surface area contributed by atoms with E-state index >= 15 is 0 Å². The summed E-state index contributed by atoms with van der Waals surface area (Å²) in [6.45, 7) is 3.18. The summed E-state index contributed by atoms with van der Waals surface area (Å²) in [6, 6.07) is 2.47. The number of nitrogens with one attached hydrogen (secondary N) is 1. The third-order valence-electron chi connectivity index (χ3n) is 4.84. The van der Waals surface area contributed by atoms with Crippen molar-refractivity contribution in [2.75, 3.05) is 6.54 Å². The second-order valence-corrected chi connectivity index (χ2v) is 5.92. The smallest absolute Gasteiger partial charge is 0.115 e. The lowest BCUT2D eigenvalue weighted by molar-refractivity contribution is 0.278. The van der Waals surface area contributed by atoms with Crippen molar-refractivity contribution >= 4 is 0 Å². The molecule has 3 nitrogen and oxygen atoms in total. The molecule has 4 atom stereocenters. The molecule has 0 amide bonds. The second-order valence-electron chi connectivity index (χ2n) is 5.92. The Morgan fingerprint density at radius 3 is 2.94 bits per heavy atom. The highest BCUT2D eigenvalue weighted by Gasteiger charge is 2.40. The Morgan fingerprint density at radius 1 is 1.39 bits per heavy atom. The van der Waals surface area contributed by atoms with E-state index in [0.29, 0.717) is 6.04 Å². The predicted molar refractivity (Wildman–Crippen MR) is 72.0 cm³/mol. The molecule has 3 heteroatoms. The molecule has 18 heavy (non-hydrogen) atoms. The summed E-state index contributed by atoms with van der Waals surface area (Å²) >= 11 is 0. The highest BCUT2D eigenvalue weighted by atomic mass is 14.9. The molecule has 0 radical (unpaired) electrons. The van der Waals surface area contributed by atoms with Crippen LogP contribution in [0, 0.1) is 17.8 Å². The van der Waals surface area contributed by atoms with E-state index in [0.717, 1.165) is 30.0 Å². The minimum absolute atomic E-state index is 0.419. The van der Waals surface area contributed by atoms with Crippen LogP contribution in [0.25, 0.3) is 0 Å². The van der Waals surface area contributed by atoms with Crippen molar-refractivity contribution in [1.82, 2.24) is 15.3 Å². The Morgan fingerprint density at radius 2 is 2.33 bits per heavy atom. The highest BCUT2D eigenvalue weighted by Crippen LogP contribution is 2.50. The lowest BCUT2D eigenvalue weighted by Gasteiger charge is -2.26. The van der Waals surface area contributed by atoms with Crippen LogP contribution in [0.5, 0.6) is 0 Å². The van der Waals surface area contributed by atoms with Crippen molar-refractivity contribution < 1.29 is 0 Å². The number of nitrogens with zero attached hydrogens (tertiary/aromatic N) is 2. The summed E-state index contributed by atoms with van der Waals surface area (Å²) in [7, 11) is 0. The van der Waals surface area contributed by atoms with Gasteiger partial charge in [0, 0.05) is 12.2 Å². The van der Waals surface area contributed by atoms with E-state index in [1.165, 1.54) is 32.1 Å². The van der Waals surface area contributed by atoms with E-state index in [-0.39, 0.29) is 0 Å². The number of rotatable bonds is 5. The summed E-state index contributed by atoms with van der Waals surface area (Å²) < 4.78 is 0. The molecule has 4 unspecified atom stereocenters. The fourth-order valence-electron chi connectivity index (χ4n) is 4.03. The van der Waals surface area contributed by atoms with Crippen LogP contribution in [0.3, 0.4) is 0 Å². The van der Waals surface area contributed by atoms with Crippen molar-refractivity contribution in [3.8, 4) is 0 Å². The SMILES string of the molecule is CCNC(CC1CC2CCC1C2)c1ccncn1. The zero-order valence-electron chi connectivity index (χ0n) is 11.2. The minimum atomic E-state index is 0.419. The molecule has 2 fully saturated rings. The van der Waals surface area contributed by atoms with Gasteiger partial charge in [0.1, 0.15) is 6.33 Å². The molecule has 0 spiro atoms. The molecule has 0 saturated heterocycles. The molecular weight excluding hydrogens is 222 g/mol. The lowest BCUT2D eigenvalue weighted by Crippen LogP contribution is -2.26. The average molecular weight is 245 g/mol. The zero-order chi connectivity index (χ0) is 12.4. The number of fused-ring (bicyclic) bond motifs is 2. The average Bonchev–Trinajstić information content (AvgIpc) is 3.01. The lowest BCUT2D eigenvalue weighted by atomic mass is 9.83. The quantitative estimate of drug-likeness (QED) is 0.866. The molecule has 1 aromatic heterocycles. The molecule has 1 aromatic rings. The van der Waals surface area contributed by atoms with Crippen LogP contribution in [-0.4, -0.2) is 16.5 Å². The first-order valence-corrected chi connectivity index (χ1v) is 7.36. The largest absolute Gasteiger partial charge is 0.309 e. The number of aromatic nitrogens is 2. The number of hydrogen-bond donors (Lipinski definition) is 1. The molecule has 2 aliphatic carbocycles. The van der Waals surface area contributed by atoms with Crippen LogP contribution >= 0.6 is 0 Å². The van der Waals surface area contributed by atoms with Gasteiger partial charge in [-0.3, -0.25) is 0 Å². The second kappa shape index (κ2) is 5.35. The Hall–Kier alpha value is -0.960. The van der Waals surface area contributed by atoms with Crippen LogP contribution in [0.4, 0.5) is 0 Å². The van der Waals surface area contributed by atoms with Crippen molar-refractivity contribution in [2.24, 2.45) is 17.8 Å². The third-order valence-corrected chi connectivity index (χ3v) is 4.84. The zero-order valence-corrected chi connectivity index (χ0v) is 11.2. The molecule has 1 N–H and O–H groups in total. The van der Waals surface area contributed by atoms with Crippen LogP contribution < -0.4 is 5.32 Å². The molecule has 1 heterocycles. The van der Waals surface area contributed by atoms with E-state index in [9.17, 15) is 0 Å². The van der Waals surface area contributed by atoms with Gasteiger partial charge in [-0.25, -0.2) is 9.97 Å². The summed E-state index contributed by atoms with van der Waals surface area (Å²) in [5.41, 5.74) is 1.16. The summed E-state index contributed by atoms with van der Waals surface area (Å²) in [6.07, 6.45) is 10.7. The highest BCUT2D eigenvalue weighted by molar-refractivity contribution is 5.06.